The van der Waals surface area contributed by atoms with Gasteiger partial charge in [-0.3, -0.25) is 0 Å². The van der Waals surface area contributed by atoms with Crippen LogP contribution < -0.4 is 5.73 Å². The summed E-state index contributed by atoms with van der Waals surface area (Å²) in [5, 5.41) is 0. The molecule has 17 heavy (non-hydrogen) atoms. The van der Waals surface area contributed by atoms with Crippen LogP contribution in [0.1, 0.15) is 11.1 Å². The smallest absolute Gasteiger partial charge is 0.131 e. The van der Waals surface area contributed by atoms with E-state index >= 15 is 0 Å². The van der Waals surface area contributed by atoms with Gasteiger partial charge < -0.3 is 5.73 Å². The standard InChI is InChI=1S/C14H13BrN2/c1-10-7-12(15)9-13(8-10)17-14(16)11-5-3-2-4-6-11/h2-9H,1H3,(H2,16,17). The zero-order valence-electron chi connectivity index (χ0n) is 9.52. The fourth-order valence-electron chi connectivity index (χ4n) is 1.59. The quantitative estimate of drug-likeness (QED) is 0.663. The molecule has 0 radical (unpaired) electrons. The average Bonchev–Trinajstić information content (AvgIpc) is 2.28. The number of nitrogens with zero attached hydrogens (tertiary/aromatic N) is 1. The summed E-state index contributed by atoms with van der Waals surface area (Å²) < 4.78 is 1.01. The van der Waals surface area contributed by atoms with Crippen LogP contribution in [0.2, 0.25) is 0 Å². The van der Waals surface area contributed by atoms with Gasteiger partial charge in [0, 0.05) is 10.0 Å². The number of nitrogens with two attached hydrogens (primary N) is 1. The summed E-state index contributed by atoms with van der Waals surface area (Å²) in [6.07, 6.45) is 0. The molecular weight excluding hydrogens is 276 g/mol. The first-order valence-electron chi connectivity index (χ1n) is 5.32. The lowest BCUT2D eigenvalue weighted by Gasteiger charge is -2.02. The van der Waals surface area contributed by atoms with Crippen LogP contribution >= 0.6 is 15.9 Å². The number of aliphatic imine (C=N–C) groups is 1. The molecule has 86 valence electrons. The van der Waals surface area contributed by atoms with Gasteiger partial charge in [0.1, 0.15) is 5.84 Å². The van der Waals surface area contributed by atoms with Crippen LogP contribution in [0.3, 0.4) is 0 Å². The Morgan fingerprint density at radius 2 is 1.82 bits per heavy atom. The highest BCUT2D eigenvalue weighted by Gasteiger charge is 1.99. The van der Waals surface area contributed by atoms with Crippen molar-refractivity contribution in [1.29, 1.82) is 0 Å². The molecule has 0 aliphatic heterocycles. The van der Waals surface area contributed by atoms with E-state index in [2.05, 4.69) is 20.9 Å². The number of amidine groups is 1. The Morgan fingerprint density at radius 3 is 2.47 bits per heavy atom. The Bertz CT molecular complexity index is 527. The third kappa shape index (κ3) is 3.17. The van der Waals surface area contributed by atoms with Gasteiger partial charge in [-0.1, -0.05) is 46.3 Å². The fraction of sp³-hybridized carbons (Fsp3) is 0.0714. The lowest BCUT2D eigenvalue weighted by molar-refractivity contribution is 1.39. The third-order valence-corrected chi connectivity index (χ3v) is 2.80. The van der Waals surface area contributed by atoms with E-state index in [0.29, 0.717) is 5.84 Å². The van der Waals surface area contributed by atoms with Gasteiger partial charge in [-0.05, 0) is 30.7 Å². The number of hydrogen-bond donors (Lipinski definition) is 1. The molecular formula is C14H13BrN2. The topological polar surface area (TPSA) is 38.4 Å². The zero-order chi connectivity index (χ0) is 12.3. The van der Waals surface area contributed by atoms with Crippen LogP contribution in [0.25, 0.3) is 0 Å². The maximum Gasteiger partial charge on any atom is 0.131 e. The molecule has 0 spiro atoms. The summed E-state index contributed by atoms with van der Waals surface area (Å²) in [7, 11) is 0. The van der Waals surface area contributed by atoms with Gasteiger partial charge in [-0.2, -0.15) is 0 Å². The van der Waals surface area contributed by atoms with Gasteiger partial charge in [0.15, 0.2) is 0 Å². The number of aryl methyl sites for hydroxylation is 1. The van der Waals surface area contributed by atoms with Crippen molar-refractivity contribution in [1.82, 2.24) is 0 Å². The zero-order valence-corrected chi connectivity index (χ0v) is 11.1. The molecule has 0 aliphatic carbocycles. The van der Waals surface area contributed by atoms with Crippen molar-refractivity contribution in [2.75, 3.05) is 0 Å². The van der Waals surface area contributed by atoms with E-state index in [1.807, 2.05) is 55.5 Å². The highest BCUT2D eigenvalue weighted by molar-refractivity contribution is 9.10. The molecule has 2 aromatic carbocycles. The van der Waals surface area contributed by atoms with E-state index in [9.17, 15) is 0 Å². The maximum absolute atomic E-state index is 5.96. The van der Waals surface area contributed by atoms with Gasteiger partial charge in [-0.25, -0.2) is 4.99 Å². The number of benzene rings is 2. The van der Waals surface area contributed by atoms with Crippen molar-refractivity contribution in [3.8, 4) is 0 Å². The summed E-state index contributed by atoms with van der Waals surface area (Å²) in [5.74, 6) is 0.531. The molecule has 0 heterocycles. The lowest BCUT2D eigenvalue weighted by atomic mass is 10.2. The van der Waals surface area contributed by atoms with Crippen molar-refractivity contribution in [3.63, 3.8) is 0 Å². The predicted molar refractivity (Wildman–Crippen MR) is 75.7 cm³/mol. The SMILES string of the molecule is Cc1cc(Br)cc(N=C(N)c2ccccc2)c1. The number of halogens is 1. The first-order chi connectivity index (χ1) is 8.15. The minimum absolute atomic E-state index is 0.531. The van der Waals surface area contributed by atoms with Crippen molar-refractivity contribution in [2.24, 2.45) is 10.7 Å². The molecule has 2 aromatic rings. The van der Waals surface area contributed by atoms with Crippen molar-refractivity contribution >= 4 is 27.5 Å². The molecule has 0 atom stereocenters. The van der Waals surface area contributed by atoms with Gasteiger partial charge in [0.25, 0.3) is 0 Å². The van der Waals surface area contributed by atoms with Crippen molar-refractivity contribution in [3.05, 3.63) is 64.1 Å². The normalized spacial score (nSPS) is 11.5. The second-order valence-electron chi connectivity index (χ2n) is 3.85. The molecule has 0 aromatic heterocycles. The summed E-state index contributed by atoms with van der Waals surface area (Å²) >= 11 is 3.45. The van der Waals surface area contributed by atoms with Crippen LogP contribution in [-0.2, 0) is 0 Å². The highest BCUT2D eigenvalue weighted by atomic mass is 79.9. The van der Waals surface area contributed by atoms with E-state index in [1.54, 1.807) is 0 Å². The minimum atomic E-state index is 0.531. The molecule has 3 heteroatoms. The summed E-state index contributed by atoms with van der Waals surface area (Å²) in [6.45, 7) is 2.03. The third-order valence-electron chi connectivity index (χ3n) is 2.35. The summed E-state index contributed by atoms with van der Waals surface area (Å²) in [5.41, 5.74) is 8.91. The molecule has 2 N–H and O–H groups in total. The second-order valence-corrected chi connectivity index (χ2v) is 4.77. The van der Waals surface area contributed by atoms with Crippen LogP contribution in [0.5, 0.6) is 0 Å². The van der Waals surface area contributed by atoms with Gasteiger partial charge in [-0.15, -0.1) is 0 Å². The van der Waals surface area contributed by atoms with Gasteiger partial charge >= 0.3 is 0 Å². The second kappa shape index (κ2) is 5.15. The van der Waals surface area contributed by atoms with Crippen LogP contribution in [0.15, 0.2) is 58.0 Å². The van der Waals surface area contributed by atoms with E-state index in [1.165, 1.54) is 0 Å². The van der Waals surface area contributed by atoms with Crippen LogP contribution in [-0.4, -0.2) is 5.84 Å². The van der Waals surface area contributed by atoms with Gasteiger partial charge in [0.05, 0.1) is 5.69 Å². The molecule has 0 unspecified atom stereocenters. The van der Waals surface area contributed by atoms with E-state index in [4.69, 9.17) is 5.73 Å². The first-order valence-corrected chi connectivity index (χ1v) is 6.11. The molecule has 0 saturated heterocycles. The van der Waals surface area contributed by atoms with Crippen LogP contribution in [0.4, 0.5) is 5.69 Å². The minimum Gasteiger partial charge on any atom is -0.383 e. The van der Waals surface area contributed by atoms with Crippen molar-refractivity contribution in [2.45, 2.75) is 6.92 Å². The Balaban J connectivity index is 2.36. The molecule has 2 nitrogen and oxygen atoms in total. The summed E-state index contributed by atoms with van der Waals surface area (Å²) in [4.78, 5) is 4.42. The molecule has 0 bridgehead atoms. The predicted octanol–water partition coefficient (Wildman–Crippen LogP) is 3.79. The lowest BCUT2D eigenvalue weighted by Crippen LogP contribution is -2.12. The first kappa shape index (κ1) is 11.9. The Kier molecular flexibility index (Phi) is 3.59. The molecule has 0 saturated carbocycles. The fourth-order valence-corrected chi connectivity index (χ4v) is 2.19. The van der Waals surface area contributed by atoms with Gasteiger partial charge in [0.2, 0.25) is 0 Å². The van der Waals surface area contributed by atoms with E-state index in [-0.39, 0.29) is 0 Å². The number of rotatable bonds is 2. The largest absolute Gasteiger partial charge is 0.383 e. The van der Waals surface area contributed by atoms with Crippen molar-refractivity contribution < 1.29 is 0 Å². The highest BCUT2D eigenvalue weighted by Crippen LogP contribution is 2.21. The maximum atomic E-state index is 5.96. The average molecular weight is 289 g/mol. The molecule has 0 amide bonds. The molecule has 2 rings (SSSR count). The Hall–Kier alpha value is -1.61. The monoisotopic (exact) mass is 288 g/mol. The van der Waals surface area contributed by atoms with E-state index < -0.39 is 0 Å². The Morgan fingerprint density at radius 1 is 1.12 bits per heavy atom. The number of hydrogen-bond acceptors (Lipinski definition) is 1. The summed E-state index contributed by atoms with van der Waals surface area (Å²) in [6, 6.07) is 15.7. The Labute approximate surface area is 109 Å². The van der Waals surface area contributed by atoms with E-state index in [0.717, 1.165) is 21.3 Å². The molecule has 0 aliphatic rings. The molecule has 0 fully saturated rings. The van der Waals surface area contributed by atoms with Crippen LogP contribution in [0, 0.1) is 6.92 Å².